The minimum absolute atomic E-state index is 0.283. The number of hydrogen-bond acceptors (Lipinski definition) is 3. The molecule has 1 aromatic rings. The first-order valence-electron chi connectivity index (χ1n) is 5.78. The lowest BCUT2D eigenvalue weighted by atomic mass is 10.2. The van der Waals surface area contributed by atoms with Crippen LogP contribution in [0.3, 0.4) is 0 Å². The number of hydrogen-bond donors (Lipinski definition) is 1. The van der Waals surface area contributed by atoms with Crippen LogP contribution in [0, 0.1) is 5.92 Å². The molecular weight excluding hydrogens is 273 g/mol. The quantitative estimate of drug-likeness (QED) is 0.833. The fourth-order valence-electron chi connectivity index (χ4n) is 1.27. The normalized spacial score (nSPS) is 12.3. The topological polar surface area (TPSA) is 38.3 Å². The molecule has 3 nitrogen and oxygen atoms in total. The molecule has 0 heterocycles. The summed E-state index contributed by atoms with van der Waals surface area (Å²) in [6.07, 6.45) is 0. The van der Waals surface area contributed by atoms with Crippen molar-refractivity contribution in [2.24, 2.45) is 5.92 Å². The Morgan fingerprint density at radius 3 is 2.50 bits per heavy atom. The molecule has 0 saturated heterocycles. The number of carbonyl (C=O) groups excluding carboxylic acids is 1. The Morgan fingerprint density at radius 1 is 1.28 bits per heavy atom. The van der Waals surface area contributed by atoms with Crippen molar-refractivity contribution >= 4 is 34.9 Å². The first-order valence-corrected chi connectivity index (χ1v) is 6.54. The Labute approximate surface area is 117 Å². The monoisotopic (exact) mass is 289 g/mol. The largest absolute Gasteiger partial charge is 0.464 e. The molecule has 1 N–H and O–H groups in total. The molecule has 18 heavy (non-hydrogen) atoms. The van der Waals surface area contributed by atoms with Gasteiger partial charge >= 0.3 is 5.97 Å². The molecule has 100 valence electrons. The highest BCUT2D eigenvalue weighted by atomic mass is 35.5. The van der Waals surface area contributed by atoms with E-state index in [1.54, 1.807) is 25.1 Å². The molecule has 0 saturated carbocycles. The van der Waals surface area contributed by atoms with E-state index in [1.807, 2.05) is 13.8 Å². The Bertz CT molecular complexity index is 421. The van der Waals surface area contributed by atoms with Crippen LogP contribution in [0.1, 0.15) is 20.8 Å². The van der Waals surface area contributed by atoms with Gasteiger partial charge in [-0.3, -0.25) is 0 Å². The summed E-state index contributed by atoms with van der Waals surface area (Å²) in [5.41, 5.74) is 0.735. The number of esters is 1. The van der Waals surface area contributed by atoms with Crippen molar-refractivity contribution in [3.8, 4) is 0 Å². The highest BCUT2D eigenvalue weighted by Crippen LogP contribution is 2.25. The summed E-state index contributed by atoms with van der Waals surface area (Å²) >= 11 is 11.7. The smallest absolute Gasteiger partial charge is 0.328 e. The third-order valence-corrected chi connectivity index (χ3v) is 2.95. The lowest BCUT2D eigenvalue weighted by molar-refractivity contribution is -0.145. The first-order chi connectivity index (χ1) is 8.40. The van der Waals surface area contributed by atoms with Gasteiger partial charge in [0.1, 0.15) is 6.04 Å². The number of ether oxygens (including phenoxy) is 1. The molecule has 0 bridgehead atoms. The van der Waals surface area contributed by atoms with Gasteiger partial charge in [-0.05, 0) is 31.0 Å². The van der Waals surface area contributed by atoms with Crippen molar-refractivity contribution in [1.82, 2.24) is 0 Å². The summed E-state index contributed by atoms with van der Waals surface area (Å²) in [5.74, 6) is 0.0425. The molecule has 5 heteroatoms. The predicted octanol–water partition coefficient (Wildman–Crippen LogP) is 3.99. The molecule has 0 aliphatic carbocycles. The van der Waals surface area contributed by atoms with Gasteiger partial charge in [0.15, 0.2) is 0 Å². The maximum Gasteiger partial charge on any atom is 0.328 e. The second-order valence-electron chi connectivity index (χ2n) is 4.52. The van der Waals surface area contributed by atoms with Crippen LogP contribution in [0.15, 0.2) is 18.2 Å². The third-order valence-electron chi connectivity index (χ3n) is 2.22. The summed E-state index contributed by atoms with van der Waals surface area (Å²) in [4.78, 5) is 11.7. The average Bonchev–Trinajstić information content (AvgIpc) is 2.30. The number of nitrogens with one attached hydrogen (secondary N) is 1. The van der Waals surface area contributed by atoms with Crippen LogP contribution >= 0.6 is 23.2 Å². The van der Waals surface area contributed by atoms with E-state index in [0.717, 1.165) is 5.69 Å². The summed E-state index contributed by atoms with van der Waals surface area (Å²) in [7, 11) is 0. The zero-order chi connectivity index (χ0) is 13.7. The fourth-order valence-corrected chi connectivity index (χ4v) is 1.57. The van der Waals surface area contributed by atoms with Crippen LogP contribution in [0.4, 0.5) is 5.69 Å². The summed E-state index contributed by atoms with van der Waals surface area (Å²) in [6, 6.07) is 4.69. The van der Waals surface area contributed by atoms with Crippen LogP contribution in [0.5, 0.6) is 0 Å². The maximum atomic E-state index is 11.7. The van der Waals surface area contributed by atoms with Gasteiger partial charge in [-0.15, -0.1) is 0 Å². The number of anilines is 1. The molecule has 1 atom stereocenters. The van der Waals surface area contributed by atoms with Crippen molar-refractivity contribution in [3.63, 3.8) is 0 Å². The van der Waals surface area contributed by atoms with E-state index in [0.29, 0.717) is 22.6 Å². The van der Waals surface area contributed by atoms with E-state index in [-0.39, 0.29) is 5.97 Å². The van der Waals surface area contributed by atoms with Gasteiger partial charge in [0.05, 0.1) is 16.7 Å². The van der Waals surface area contributed by atoms with Gasteiger partial charge in [0.2, 0.25) is 0 Å². The van der Waals surface area contributed by atoms with Crippen molar-refractivity contribution in [3.05, 3.63) is 28.2 Å². The molecular formula is C13H17Cl2NO2. The van der Waals surface area contributed by atoms with Gasteiger partial charge in [-0.25, -0.2) is 4.79 Å². The average molecular weight is 290 g/mol. The third kappa shape index (κ3) is 4.75. The molecule has 0 amide bonds. The molecule has 0 fully saturated rings. The number of halogens is 2. The van der Waals surface area contributed by atoms with Crippen LogP contribution < -0.4 is 5.32 Å². The molecule has 1 aromatic carbocycles. The predicted molar refractivity (Wildman–Crippen MR) is 75.3 cm³/mol. The molecule has 1 unspecified atom stereocenters. The molecule has 0 aromatic heterocycles. The van der Waals surface area contributed by atoms with E-state index < -0.39 is 6.04 Å². The zero-order valence-corrected chi connectivity index (χ0v) is 12.2. The lowest BCUT2D eigenvalue weighted by Gasteiger charge is -2.15. The molecule has 0 aliphatic heterocycles. The highest BCUT2D eigenvalue weighted by molar-refractivity contribution is 6.42. The van der Waals surface area contributed by atoms with Gasteiger partial charge in [-0.1, -0.05) is 37.0 Å². The molecule has 0 spiro atoms. The molecule has 0 aliphatic rings. The number of benzene rings is 1. The Balaban J connectivity index is 2.55. The number of carbonyl (C=O) groups is 1. The van der Waals surface area contributed by atoms with E-state index >= 15 is 0 Å². The van der Waals surface area contributed by atoms with Crippen LogP contribution in [-0.2, 0) is 9.53 Å². The fraction of sp³-hybridized carbons (Fsp3) is 0.462. The van der Waals surface area contributed by atoms with Crippen LogP contribution in [0.25, 0.3) is 0 Å². The molecule has 1 rings (SSSR count). The number of rotatable bonds is 5. The maximum absolute atomic E-state index is 11.7. The van der Waals surface area contributed by atoms with Gasteiger partial charge in [0, 0.05) is 5.69 Å². The molecule has 0 radical (unpaired) electrons. The summed E-state index contributed by atoms with van der Waals surface area (Å²) in [5, 5.41) is 3.95. The Morgan fingerprint density at radius 2 is 1.94 bits per heavy atom. The van der Waals surface area contributed by atoms with E-state index in [2.05, 4.69) is 5.32 Å². The summed E-state index contributed by atoms with van der Waals surface area (Å²) in [6.45, 7) is 6.14. The van der Waals surface area contributed by atoms with Crippen molar-refractivity contribution in [2.75, 3.05) is 11.9 Å². The van der Waals surface area contributed by atoms with Crippen molar-refractivity contribution in [1.29, 1.82) is 0 Å². The second kappa shape index (κ2) is 6.86. The lowest BCUT2D eigenvalue weighted by Crippen LogP contribution is -2.29. The van der Waals surface area contributed by atoms with Crippen LogP contribution in [0.2, 0.25) is 10.0 Å². The Hall–Kier alpha value is -0.930. The van der Waals surface area contributed by atoms with E-state index in [1.165, 1.54) is 0 Å². The van der Waals surface area contributed by atoms with Crippen molar-refractivity contribution < 1.29 is 9.53 Å². The van der Waals surface area contributed by atoms with Gasteiger partial charge in [0.25, 0.3) is 0 Å². The zero-order valence-electron chi connectivity index (χ0n) is 10.7. The Kier molecular flexibility index (Phi) is 5.76. The van der Waals surface area contributed by atoms with Gasteiger partial charge in [-0.2, -0.15) is 0 Å². The first kappa shape index (κ1) is 15.1. The summed E-state index contributed by atoms with van der Waals surface area (Å²) < 4.78 is 5.13. The SMILES string of the molecule is CC(C)COC(=O)C(C)Nc1ccc(Cl)c(Cl)c1. The highest BCUT2D eigenvalue weighted by Gasteiger charge is 2.15. The van der Waals surface area contributed by atoms with Crippen molar-refractivity contribution in [2.45, 2.75) is 26.8 Å². The minimum Gasteiger partial charge on any atom is -0.464 e. The van der Waals surface area contributed by atoms with E-state index in [4.69, 9.17) is 27.9 Å². The standard InChI is InChI=1S/C13H17Cl2NO2/c1-8(2)7-18-13(17)9(3)16-10-4-5-11(14)12(15)6-10/h4-6,8-9,16H,7H2,1-3H3. The van der Waals surface area contributed by atoms with E-state index in [9.17, 15) is 4.79 Å². The minimum atomic E-state index is -0.430. The second-order valence-corrected chi connectivity index (χ2v) is 5.33. The van der Waals surface area contributed by atoms with Gasteiger partial charge < -0.3 is 10.1 Å². The van der Waals surface area contributed by atoms with Crippen LogP contribution in [-0.4, -0.2) is 18.6 Å².